The van der Waals surface area contributed by atoms with Gasteiger partial charge in [-0.05, 0) is 19.3 Å². The Morgan fingerprint density at radius 2 is 2.09 bits per heavy atom. The fourth-order valence-corrected chi connectivity index (χ4v) is 1.14. The molecule has 0 heterocycles. The standard InChI is InChI=1S/C8H17NO.ClH/c1-2-3-4-10-8-5-7(9)6-8;/h7-8H,2-6,9H2,1H3;1H/t7-,8+;. The summed E-state index contributed by atoms with van der Waals surface area (Å²) >= 11 is 0. The molecule has 0 aromatic rings. The molecule has 68 valence electrons. The zero-order chi connectivity index (χ0) is 7.40. The van der Waals surface area contributed by atoms with Gasteiger partial charge in [0.2, 0.25) is 0 Å². The van der Waals surface area contributed by atoms with Gasteiger partial charge in [0.15, 0.2) is 0 Å². The van der Waals surface area contributed by atoms with E-state index in [-0.39, 0.29) is 12.4 Å². The second kappa shape index (κ2) is 5.81. The largest absolute Gasteiger partial charge is 0.378 e. The van der Waals surface area contributed by atoms with Crippen molar-refractivity contribution in [3.63, 3.8) is 0 Å². The number of hydrogen-bond acceptors (Lipinski definition) is 2. The van der Waals surface area contributed by atoms with E-state index in [2.05, 4.69) is 6.92 Å². The Labute approximate surface area is 74.9 Å². The van der Waals surface area contributed by atoms with Crippen LogP contribution >= 0.6 is 12.4 Å². The van der Waals surface area contributed by atoms with E-state index in [1.165, 1.54) is 12.8 Å². The van der Waals surface area contributed by atoms with Crippen LogP contribution in [0.2, 0.25) is 0 Å². The highest BCUT2D eigenvalue weighted by Crippen LogP contribution is 2.21. The second-order valence-electron chi connectivity index (χ2n) is 3.08. The molecule has 0 spiro atoms. The third kappa shape index (κ3) is 3.94. The van der Waals surface area contributed by atoms with Crippen LogP contribution in [0.25, 0.3) is 0 Å². The van der Waals surface area contributed by atoms with Crippen LogP contribution in [0.5, 0.6) is 0 Å². The Kier molecular flexibility index (Phi) is 5.92. The highest BCUT2D eigenvalue weighted by molar-refractivity contribution is 5.85. The maximum atomic E-state index is 5.59. The summed E-state index contributed by atoms with van der Waals surface area (Å²) in [5.74, 6) is 0. The van der Waals surface area contributed by atoms with Crippen LogP contribution in [0.4, 0.5) is 0 Å². The van der Waals surface area contributed by atoms with Crippen LogP contribution in [-0.2, 0) is 4.74 Å². The molecule has 2 nitrogen and oxygen atoms in total. The monoisotopic (exact) mass is 179 g/mol. The molecular weight excluding hydrogens is 162 g/mol. The number of unbranched alkanes of at least 4 members (excludes halogenated alkanes) is 1. The molecule has 0 amide bonds. The van der Waals surface area contributed by atoms with Gasteiger partial charge < -0.3 is 10.5 Å². The Morgan fingerprint density at radius 1 is 1.45 bits per heavy atom. The number of ether oxygens (including phenoxy) is 1. The summed E-state index contributed by atoms with van der Waals surface area (Å²) in [5.41, 5.74) is 5.59. The summed E-state index contributed by atoms with van der Waals surface area (Å²) in [6, 6.07) is 0.423. The van der Waals surface area contributed by atoms with Crippen molar-refractivity contribution in [2.45, 2.75) is 44.8 Å². The molecule has 0 bridgehead atoms. The highest BCUT2D eigenvalue weighted by Gasteiger charge is 2.25. The molecule has 0 aromatic carbocycles. The lowest BCUT2D eigenvalue weighted by molar-refractivity contribution is -0.00934. The molecule has 0 aromatic heterocycles. The maximum absolute atomic E-state index is 5.59. The van der Waals surface area contributed by atoms with E-state index in [9.17, 15) is 0 Å². The van der Waals surface area contributed by atoms with Gasteiger partial charge in [-0.15, -0.1) is 12.4 Å². The first-order valence-electron chi connectivity index (χ1n) is 4.20. The molecule has 0 unspecified atom stereocenters. The fraction of sp³-hybridized carbons (Fsp3) is 1.00. The summed E-state index contributed by atoms with van der Waals surface area (Å²) < 4.78 is 5.51. The Bertz CT molecular complexity index is 94.1. The summed E-state index contributed by atoms with van der Waals surface area (Å²) in [6.07, 6.45) is 5.04. The lowest BCUT2D eigenvalue weighted by Crippen LogP contribution is -2.41. The van der Waals surface area contributed by atoms with Crippen molar-refractivity contribution in [3.8, 4) is 0 Å². The van der Waals surface area contributed by atoms with Crippen LogP contribution in [0, 0.1) is 0 Å². The fourth-order valence-electron chi connectivity index (χ4n) is 1.14. The first kappa shape index (κ1) is 11.2. The lowest BCUT2D eigenvalue weighted by Gasteiger charge is -2.32. The molecular formula is C8H18ClNO. The first-order valence-corrected chi connectivity index (χ1v) is 4.20. The molecule has 2 N–H and O–H groups in total. The third-order valence-corrected chi connectivity index (χ3v) is 1.98. The van der Waals surface area contributed by atoms with Gasteiger partial charge in [0.05, 0.1) is 6.10 Å². The predicted molar refractivity (Wildman–Crippen MR) is 49.1 cm³/mol. The molecule has 0 aliphatic heterocycles. The zero-order valence-corrected chi connectivity index (χ0v) is 7.90. The van der Waals surface area contributed by atoms with Gasteiger partial charge in [-0.25, -0.2) is 0 Å². The number of rotatable bonds is 4. The third-order valence-electron chi connectivity index (χ3n) is 1.98. The minimum absolute atomic E-state index is 0. The van der Waals surface area contributed by atoms with Gasteiger partial charge in [0.1, 0.15) is 0 Å². The van der Waals surface area contributed by atoms with E-state index >= 15 is 0 Å². The molecule has 1 fully saturated rings. The van der Waals surface area contributed by atoms with Gasteiger partial charge in [-0.2, -0.15) is 0 Å². The molecule has 1 aliphatic carbocycles. The minimum Gasteiger partial charge on any atom is -0.378 e. The van der Waals surface area contributed by atoms with Crippen molar-refractivity contribution in [2.24, 2.45) is 5.73 Å². The normalized spacial score (nSPS) is 28.9. The number of halogens is 1. The lowest BCUT2D eigenvalue weighted by atomic mass is 9.90. The van der Waals surface area contributed by atoms with Crippen LogP contribution in [0.1, 0.15) is 32.6 Å². The van der Waals surface area contributed by atoms with Gasteiger partial charge >= 0.3 is 0 Å². The topological polar surface area (TPSA) is 35.2 Å². The molecule has 1 rings (SSSR count). The van der Waals surface area contributed by atoms with E-state index in [1.807, 2.05) is 0 Å². The molecule has 11 heavy (non-hydrogen) atoms. The van der Waals surface area contributed by atoms with E-state index in [4.69, 9.17) is 10.5 Å². The van der Waals surface area contributed by atoms with Crippen LogP contribution in [0.15, 0.2) is 0 Å². The Hall–Kier alpha value is 0.210. The smallest absolute Gasteiger partial charge is 0.0604 e. The average Bonchev–Trinajstić information content (AvgIpc) is 1.85. The average molecular weight is 180 g/mol. The van der Waals surface area contributed by atoms with E-state index in [0.717, 1.165) is 19.4 Å². The number of hydrogen-bond donors (Lipinski definition) is 1. The molecule has 0 radical (unpaired) electrons. The van der Waals surface area contributed by atoms with Crippen molar-refractivity contribution >= 4 is 12.4 Å². The van der Waals surface area contributed by atoms with E-state index < -0.39 is 0 Å². The summed E-state index contributed by atoms with van der Waals surface area (Å²) in [6.45, 7) is 3.10. The second-order valence-corrected chi connectivity index (χ2v) is 3.08. The van der Waals surface area contributed by atoms with Crippen molar-refractivity contribution in [1.82, 2.24) is 0 Å². The highest BCUT2D eigenvalue weighted by atomic mass is 35.5. The van der Waals surface area contributed by atoms with Crippen LogP contribution in [0.3, 0.4) is 0 Å². The predicted octanol–water partition coefficient (Wildman–Crippen LogP) is 1.71. The van der Waals surface area contributed by atoms with Crippen LogP contribution < -0.4 is 5.73 Å². The quantitative estimate of drug-likeness (QED) is 0.667. The summed E-state index contributed by atoms with van der Waals surface area (Å²) in [7, 11) is 0. The van der Waals surface area contributed by atoms with E-state index in [0.29, 0.717) is 12.1 Å². The first-order chi connectivity index (χ1) is 4.83. The van der Waals surface area contributed by atoms with Gasteiger partial charge in [-0.3, -0.25) is 0 Å². The van der Waals surface area contributed by atoms with Gasteiger partial charge in [-0.1, -0.05) is 13.3 Å². The maximum Gasteiger partial charge on any atom is 0.0604 e. The van der Waals surface area contributed by atoms with Crippen molar-refractivity contribution in [3.05, 3.63) is 0 Å². The van der Waals surface area contributed by atoms with Gasteiger partial charge in [0, 0.05) is 12.6 Å². The van der Waals surface area contributed by atoms with E-state index in [1.54, 1.807) is 0 Å². The summed E-state index contributed by atoms with van der Waals surface area (Å²) in [5, 5.41) is 0. The Balaban J connectivity index is 0.000001000. The molecule has 3 heteroatoms. The SMILES string of the molecule is CCCCO[C@H]1C[C@@H](N)C1.Cl. The summed E-state index contributed by atoms with van der Waals surface area (Å²) in [4.78, 5) is 0. The molecule has 1 aliphatic rings. The zero-order valence-electron chi connectivity index (χ0n) is 7.08. The minimum atomic E-state index is 0. The Morgan fingerprint density at radius 3 is 2.55 bits per heavy atom. The van der Waals surface area contributed by atoms with Crippen molar-refractivity contribution in [2.75, 3.05) is 6.61 Å². The van der Waals surface area contributed by atoms with Crippen molar-refractivity contribution < 1.29 is 4.74 Å². The number of nitrogens with two attached hydrogens (primary N) is 1. The van der Waals surface area contributed by atoms with Gasteiger partial charge in [0.25, 0.3) is 0 Å². The van der Waals surface area contributed by atoms with Crippen molar-refractivity contribution in [1.29, 1.82) is 0 Å². The van der Waals surface area contributed by atoms with Crippen LogP contribution in [-0.4, -0.2) is 18.8 Å². The molecule has 1 saturated carbocycles. The molecule has 0 atom stereocenters. The molecule has 0 saturated heterocycles.